The summed E-state index contributed by atoms with van der Waals surface area (Å²) in [7, 11) is 0. The minimum atomic E-state index is -0.186. The second-order valence-electron chi connectivity index (χ2n) is 4.52. The summed E-state index contributed by atoms with van der Waals surface area (Å²) in [5.41, 5.74) is 1.35. The molecule has 0 aromatic carbocycles. The van der Waals surface area contributed by atoms with Crippen LogP contribution in [0.1, 0.15) is 19.8 Å². The molecule has 2 rings (SSSR count). The number of ether oxygens (including phenoxy) is 2. The quantitative estimate of drug-likeness (QED) is 0.748. The smallest absolute Gasteiger partial charge is 0.409 e. The summed E-state index contributed by atoms with van der Waals surface area (Å²) in [6.45, 7) is 7.33. The molecule has 0 aliphatic carbocycles. The first-order valence-electron chi connectivity index (χ1n) is 6.74. The van der Waals surface area contributed by atoms with Crippen molar-refractivity contribution in [3.63, 3.8) is 0 Å². The molecular formula is C13H22N2O3. The van der Waals surface area contributed by atoms with Crippen LogP contribution < -0.4 is 0 Å². The van der Waals surface area contributed by atoms with Gasteiger partial charge in [-0.2, -0.15) is 0 Å². The molecule has 18 heavy (non-hydrogen) atoms. The van der Waals surface area contributed by atoms with E-state index < -0.39 is 0 Å². The Bertz CT molecular complexity index is 311. The molecule has 0 radical (unpaired) electrons. The Balaban J connectivity index is 1.86. The number of hydrogen-bond acceptors (Lipinski definition) is 4. The van der Waals surface area contributed by atoms with Crippen LogP contribution in [0.25, 0.3) is 0 Å². The molecule has 0 N–H and O–H groups in total. The van der Waals surface area contributed by atoms with Gasteiger partial charge in [0.15, 0.2) is 0 Å². The van der Waals surface area contributed by atoms with Crippen LogP contribution in [0, 0.1) is 0 Å². The molecule has 0 bridgehead atoms. The van der Waals surface area contributed by atoms with Crippen LogP contribution in [0.2, 0.25) is 0 Å². The minimum Gasteiger partial charge on any atom is -0.450 e. The molecule has 0 unspecified atom stereocenters. The molecule has 1 fully saturated rings. The highest BCUT2D eigenvalue weighted by atomic mass is 16.6. The van der Waals surface area contributed by atoms with E-state index in [9.17, 15) is 4.79 Å². The Hall–Kier alpha value is -1.23. The van der Waals surface area contributed by atoms with Crippen molar-refractivity contribution in [3.8, 4) is 0 Å². The van der Waals surface area contributed by atoms with Crippen molar-refractivity contribution in [2.75, 3.05) is 46.0 Å². The maximum atomic E-state index is 11.7. The first-order valence-corrected chi connectivity index (χ1v) is 6.74. The lowest BCUT2D eigenvalue weighted by atomic mass is 10.2. The maximum Gasteiger partial charge on any atom is 0.409 e. The normalized spacial score (nSPS) is 21.3. The molecule has 0 atom stereocenters. The summed E-state index contributed by atoms with van der Waals surface area (Å²) in [4.78, 5) is 15.9. The molecule has 0 spiro atoms. The van der Waals surface area contributed by atoms with Crippen molar-refractivity contribution >= 4 is 6.09 Å². The molecule has 5 nitrogen and oxygen atoms in total. The molecule has 2 aliphatic rings. The third kappa shape index (κ3) is 3.38. The van der Waals surface area contributed by atoms with Crippen LogP contribution in [0.3, 0.4) is 0 Å². The van der Waals surface area contributed by atoms with Crippen LogP contribution in [-0.4, -0.2) is 61.9 Å². The van der Waals surface area contributed by atoms with E-state index in [0.717, 1.165) is 52.2 Å². The van der Waals surface area contributed by atoms with Crippen LogP contribution in [0.5, 0.6) is 0 Å². The van der Waals surface area contributed by atoms with Crippen LogP contribution >= 0.6 is 0 Å². The number of carbonyl (C=O) groups excluding carboxylic acids is 1. The topological polar surface area (TPSA) is 42.0 Å². The van der Waals surface area contributed by atoms with Gasteiger partial charge in [-0.05, 0) is 13.3 Å². The second kappa shape index (κ2) is 6.64. The second-order valence-corrected chi connectivity index (χ2v) is 4.52. The molecule has 0 aromatic rings. The summed E-state index contributed by atoms with van der Waals surface area (Å²) in [6, 6.07) is 0. The number of carbonyl (C=O) groups is 1. The first-order chi connectivity index (χ1) is 8.81. The van der Waals surface area contributed by atoms with Crippen molar-refractivity contribution in [1.82, 2.24) is 9.80 Å². The molecule has 0 aromatic heterocycles. The molecule has 5 heteroatoms. The number of morpholine rings is 1. The molecule has 2 heterocycles. The maximum absolute atomic E-state index is 11.7. The predicted molar refractivity (Wildman–Crippen MR) is 68.3 cm³/mol. The fourth-order valence-corrected chi connectivity index (χ4v) is 2.39. The SMILES string of the molecule is CCOC(=O)N1CCC=C(N2CCOCC2)CC1. The highest BCUT2D eigenvalue weighted by Crippen LogP contribution is 2.17. The molecule has 102 valence electrons. The fourth-order valence-electron chi connectivity index (χ4n) is 2.39. The Labute approximate surface area is 108 Å². The number of nitrogens with zero attached hydrogens (tertiary/aromatic N) is 2. The zero-order valence-electron chi connectivity index (χ0n) is 11.1. The van der Waals surface area contributed by atoms with Gasteiger partial charge < -0.3 is 19.3 Å². The van der Waals surface area contributed by atoms with Gasteiger partial charge in [0.2, 0.25) is 0 Å². The summed E-state index contributed by atoms with van der Waals surface area (Å²) in [6.07, 6.45) is 3.89. The molecule has 1 amide bonds. The average molecular weight is 254 g/mol. The minimum absolute atomic E-state index is 0.186. The van der Waals surface area contributed by atoms with E-state index in [1.807, 2.05) is 6.92 Å². The van der Waals surface area contributed by atoms with Crippen molar-refractivity contribution in [1.29, 1.82) is 0 Å². The molecule has 2 aliphatic heterocycles. The Morgan fingerprint density at radius 2 is 2.11 bits per heavy atom. The van der Waals surface area contributed by atoms with Gasteiger partial charge in [-0.1, -0.05) is 6.08 Å². The number of rotatable bonds is 2. The van der Waals surface area contributed by atoms with Gasteiger partial charge in [0, 0.05) is 38.3 Å². The van der Waals surface area contributed by atoms with Gasteiger partial charge in [0.1, 0.15) is 0 Å². The van der Waals surface area contributed by atoms with Crippen molar-refractivity contribution in [2.45, 2.75) is 19.8 Å². The van der Waals surface area contributed by atoms with E-state index in [4.69, 9.17) is 9.47 Å². The van der Waals surface area contributed by atoms with Gasteiger partial charge >= 0.3 is 6.09 Å². The van der Waals surface area contributed by atoms with Crippen molar-refractivity contribution < 1.29 is 14.3 Å². The van der Waals surface area contributed by atoms with Crippen molar-refractivity contribution in [2.24, 2.45) is 0 Å². The van der Waals surface area contributed by atoms with Crippen LogP contribution in [-0.2, 0) is 9.47 Å². The zero-order chi connectivity index (χ0) is 12.8. The van der Waals surface area contributed by atoms with Gasteiger partial charge in [-0.25, -0.2) is 4.79 Å². The van der Waals surface area contributed by atoms with E-state index in [1.165, 1.54) is 5.70 Å². The fraction of sp³-hybridized carbons (Fsp3) is 0.769. The Kier molecular flexibility index (Phi) is 4.87. The van der Waals surface area contributed by atoms with E-state index in [1.54, 1.807) is 4.90 Å². The lowest BCUT2D eigenvalue weighted by molar-refractivity contribution is 0.0514. The molecule has 1 saturated heterocycles. The summed E-state index contributed by atoms with van der Waals surface area (Å²) in [5, 5.41) is 0. The largest absolute Gasteiger partial charge is 0.450 e. The lowest BCUT2D eigenvalue weighted by Crippen LogP contribution is -2.37. The van der Waals surface area contributed by atoms with Crippen molar-refractivity contribution in [3.05, 3.63) is 11.8 Å². The lowest BCUT2D eigenvalue weighted by Gasteiger charge is -2.31. The number of hydrogen-bond donors (Lipinski definition) is 0. The van der Waals surface area contributed by atoms with E-state index >= 15 is 0 Å². The first kappa shape index (κ1) is 13.2. The van der Waals surface area contributed by atoms with E-state index in [2.05, 4.69) is 11.0 Å². The summed E-state index contributed by atoms with van der Waals surface area (Å²) in [5.74, 6) is 0. The monoisotopic (exact) mass is 254 g/mol. The van der Waals surface area contributed by atoms with E-state index in [0.29, 0.717) is 6.61 Å². The average Bonchev–Trinajstić information content (AvgIpc) is 2.66. The van der Waals surface area contributed by atoms with Gasteiger partial charge in [-0.3, -0.25) is 0 Å². The molecular weight excluding hydrogens is 232 g/mol. The van der Waals surface area contributed by atoms with Gasteiger partial charge in [-0.15, -0.1) is 0 Å². The van der Waals surface area contributed by atoms with E-state index in [-0.39, 0.29) is 6.09 Å². The highest BCUT2D eigenvalue weighted by Gasteiger charge is 2.20. The van der Waals surface area contributed by atoms with Crippen LogP contribution in [0.4, 0.5) is 4.79 Å². The molecule has 0 saturated carbocycles. The predicted octanol–water partition coefficient (Wildman–Crippen LogP) is 1.45. The van der Waals surface area contributed by atoms with Gasteiger partial charge in [0.05, 0.1) is 19.8 Å². The summed E-state index contributed by atoms with van der Waals surface area (Å²) < 4.78 is 10.4. The Morgan fingerprint density at radius 3 is 2.83 bits per heavy atom. The standard InChI is InChI=1S/C13H22N2O3/c1-2-18-13(16)15-6-3-4-12(5-7-15)14-8-10-17-11-9-14/h4H,2-3,5-11H2,1H3. The number of amides is 1. The highest BCUT2D eigenvalue weighted by molar-refractivity contribution is 5.67. The third-order valence-corrected chi connectivity index (χ3v) is 3.36. The summed E-state index contributed by atoms with van der Waals surface area (Å²) >= 11 is 0. The zero-order valence-corrected chi connectivity index (χ0v) is 11.1. The van der Waals surface area contributed by atoms with Crippen LogP contribution in [0.15, 0.2) is 11.8 Å². The Morgan fingerprint density at radius 1 is 1.33 bits per heavy atom. The van der Waals surface area contributed by atoms with Gasteiger partial charge in [0.25, 0.3) is 0 Å². The third-order valence-electron chi connectivity index (χ3n) is 3.36.